The van der Waals surface area contributed by atoms with Crippen LogP contribution in [0.5, 0.6) is 5.75 Å². The van der Waals surface area contributed by atoms with Crippen molar-refractivity contribution in [2.24, 2.45) is 5.92 Å². The minimum absolute atomic E-state index is 0.287. The van der Waals surface area contributed by atoms with Crippen molar-refractivity contribution in [1.82, 2.24) is 0 Å². The Labute approximate surface area is 96.6 Å². The smallest absolute Gasteiger partial charge is 0.166 e. The number of rotatable bonds is 4. The molecule has 16 heavy (non-hydrogen) atoms. The minimum atomic E-state index is 0.287. The molecule has 2 heteroatoms. The van der Waals surface area contributed by atoms with Crippen LogP contribution < -0.4 is 4.74 Å². The normalized spacial score (nSPS) is 14.9. The molecule has 1 aromatic rings. The molecule has 0 spiro atoms. The van der Waals surface area contributed by atoms with Gasteiger partial charge in [0.15, 0.2) is 5.78 Å². The van der Waals surface area contributed by atoms with Gasteiger partial charge in [-0.1, -0.05) is 0 Å². The average molecular weight is 218 g/mol. The van der Waals surface area contributed by atoms with E-state index in [4.69, 9.17) is 4.74 Å². The van der Waals surface area contributed by atoms with Crippen molar-refractivity contribution in [3.05, 3.63) is 28.8 Å². The molecule has 1 saturated carbocycles. The molecule has 2 nitrogen and oxygen atoms in total. The Bertz CT molecular complexity index is 394. The number of hydrogen-bond acceptors (Lipinski definition) is 2. The van der Waals surface area contributed by atoms with Crippen molar-refractivity contribution in [3.8, 4) is 5.75 Å². The van der Waals surface area contributed by atoms with Crippen molar-refractivity contribution >= 4 is 5.78 Å². The van der Waals surface area contributed by atoms with Crippen LogP contribution in [0.3, 0.4) is 0 Å². The number of aryl methyl sites for hydroxylation is 2. The van der Waals surface area contributed by atoms with Crippen LogP contribution in [0.25, 0.3) is 0 Å². The summed E-state index contributed by atoms with van der Waals surface area (Å²) in [5.41, 5.74) is 2.99. The molecule has 0 aliphatic heterocycles. The molecule has 0 amide bonds. The Hall–Kier alpha value is -1.31. The first-order valence-electron chi connectivity index (χ1n) is 5.91. The van der Waals surface area contributed by atoms with Crippen LogP contribution in [0, 0.1) is 19.8 Å². The fourth-order valence-corrected chi connectivity index (χ4v) is 2.11. The van der Waals surface area contributed by atoms with Gasteiger partial charge in [-0.2, -0.15) is 0 Å². The number of carbonyl (C=O) groups is 1. The van der Waals surface area contributed by atoms with Crippen molar-refractivity contribution in [2.75, 3.05) is 6.61 Å². The largest absolute Gasteiger partial charge is 0.494 e. The maximum absolute atomic E-state index is 12.1. The summed E-state index contributed by atoms with van der Waals surface area (Å²) >= 11 is 0. The highest BCUT2D eigenvalue weighted by Crippen LogP contribution is 2.35. The molecule has 1 aliphatic rings. The molecule has 0 radical (unpaired) electrons. The van der Waals surface area contributed by atoms with Gasteiger partial charge >= 0.3 is 0 Å². The zero-order valence-electron chi connectivity index (χ0n) is 10.2. The summed E-state index contributed by atoms with van der Waals surface area (Å²) in [6, 6.07) is 3.93. The van der Waals surface area contributed by atoms with Gasteiger partial charge in [0.05, 0.1) is 6.61 Å². The van der Waals surface area contributed by atoms with Gasteiger partial charge in [-0.05, 0) is 56.9 Å². The van der Waals surface area contributed by atoms with E-state index in [0.717, 1.165) is 35.3 Å². The van der Waals surface area contributed by atoms with E-state index in [-0.39, 0.29) is 5.92 Å². The fraction of sp³-hybridized carbons (Fsp3) is 0.500. The molecule has 0 aromatic heterocycles. The fourth-order valence-electron chi connectivity index (χ4n) is 2.11. The zero-order valence-corrected chi connectivity index (χ0v) is 10.2. The first kappa shape index (κ1) is 11.2. The average Bonchev–Trinajstić information content (AvgIpc) is 2.99. The second-order valence-electron chi connectivity index (χ2n) is 4.50. The van der Waals surface area contributed by atoms with Crippen molar-refractivity contribution in [3.63, 3.8) is 0 Å². The van der Waals surface area contributed by atoms with Crippen LogP contribution in [0.15, 0.2) is 12.1 Å². The molecule has 2 rings (SSSR count). The van der Waals surface area contributed by atoms with Gasteiger partial charge in [-0.3, -0.25) is 4.79 Å². The standard InChI is InChI=1S/C14H18O2/c1-4-16-12-7-9(2)13(10(3)8-12)14(15)11-5-6-11/h7-8,11H,4-6H2,1-3H3. The number of Topliss-reactive ketones (excluding diaryl/α,β-unsaturated/α-hetero) is 1. The number of carbonyl (C=O) groups excluding carboxylic acids is 1. The molecule has 1 aromatic carbocycles. The van der Waals surface area contributed by atoms with E-state index in [0.29, 0.717) is 12.4 Å². The van der Waals surface area contributed by atoms with Crippen LogP contribution in [-0.4, -0.2) is 12.4 Å². The Kier molecular flexibility index (Phi) is 2.99. The van der Waals surface area contributed by atoms with E-state index < -0.39 is 0 Å². The SMILES string of the molecule is CCOc1cc(C)c(C(=O)C2CC2)c(C)c1. The van der Waals surface area contributed by atoms with E-state index >= 15 is 0 Å². The summed E-state index contributed by atoms with van der Waals surface area (Å²) in [4.78, 5) is 12.1. The van der Waals surface area contributed by atoms with E-state index in [1.165, 1.54) is 0 Å². The van der Waals surface area contributed by atoms with E-state index in [1.54, 1.807) is 0 Å². The lowest BCUT2D eigenvalue weighted by Crippen LogP contribution is -2.07. The third-order valence-electron chi connectivity index (χ3n) is 3.01. The van der Waals surface area contributed by atoms with Gasteiger partial charge in [0, 0.05) is 11.5 Å². The lowest BCUT2D eigenvalue weighted by molar-refractivity contribution is 0.0966. The van der Waals surface area contributed by atoms with E-state index in [1.807, 2.05) is 32.9 Å². The molecule has 0 N–H and O–H groups in total. The lowest BCUT2D eigenvalue weighted by Gasteiger charge is -2.11. The number of hydrogen-bond donors (Lipinski definition) is 0. The molecule has 0 bridgehead atoms. The first-order valence-corrected chi connectivity index (χ1v) is 5.91. The van der Waals surface area contributed by atoms with Gasteiger partial charge in [0.25, 0.3) is 0 Å². The third kappa shape index (κ3) is 2.11. The van der Waals surface area contributed by atoms with Crippen LogP contribution in [-0.2, 0) is 0 Å². The molecular formula is C14H18O2. The quantitative estimate of drug-likeness (QED) is 0.725. The molecule has 86 valence electrons. The van der Waals surface area contributed by atoms with Crippen LogP contribution >= 0.6 is 0 Å². The second kappa shape index (κ2) is 4.28. The highest BCUT2D eigenvalue weighted by Gasteiger charge is 2.32. The van der Waals surface area contributed by atoms with Crippen molar-refractivity contribution < 1.29 is 9.53 Å². The monoisotopic (exact) mass is 218 g/mol. The summed E-state index contributed by atoms with van der Waals surface area (Å²) in [5, 5.41) is 0. The van der Waals surface area contributed by atoms with Gasteiger partial charge < -0.3 is 4.74 Å². The van der Waals surface area contributed by atoms with Gasteiger partial charge in [-0.25, -0.2) is 0 Å². The summed E-state index contributed by atoms with van der Waals surface area (Å²) < 4.78 is 5.47. The zero-order chi connectivity index (χ0) is 11.7. The Morgan fingerprint density at radius 3 is 2.31 bits per heavy atom. The highest BCUT2D eigenvalue weighted by atomic mass is 16.5. The predicted octanol–water partition coefficient (Wildman–Crippen LogP) is 3.29. The summed E-state index contributed by atoms with van der Waals surface area (Å²) in [5.74, 6) is 1.47. The Morgan fingerprint density at radius 1 is 1.31 bits per heavy atom. The number of benzene rings is 1. The van der Waals surface area contributed by atoms with Crippen LogP contribution in [0.4, 0.5) is 0 Å². The predicted molar refractivity (Wildman–Crippen MR) is 64.1 cm³/mol. The molecule has 0 atom stereocenters. The molecule has 0 unspecified atom stereocenters. The maximum atomic E-state index is 12.1. The van der Waals surface area contributed by atoms with E-state index in [9.17, 15) is 4.79 Å². The van der Waals surface area contributed by atoms with Crippen LogP contribution in [0.2, 0.25) is 0 Å². The molecular weight excluding hydrogens is 200 g/mol. The molecule has 0 heterocycles. The molecule has 0 saturated heterocycles. The molecule has 1 fully saturated rings. The van der Waals surface area contributed by atoms with E-state index in [2.05, 4.69) is 0 Å². The van der Waals surface area contributed by atoms with Gasteiger partial charge in [-0.15, -0.1) is 0 Å². The van der Waals surface area contributed by atoms with Gasteiger partial charge in [0.1, 0.15) is 5.75 Å². The number of ether oxygens (including phenoxy) is 1. The van der Waals surface area contributed by atoms with Crippen LogP contribution in [0.1, 0.15) is 41.3 Å². The minimum Gasteiger partial charge on any atom is -0.494 e. The lowest BCUT2D eigenvalue weighted by atomic mass is 9.96. The number of ketones is 1. The third-order valence-corrected chi connectivity index (χ3v) is 3.01. The maximum Gasteiger partial charge on any atom is 0.166 e. The first-order chi connectivity index (χ1) is 7.63. The highest BCUT2D eigenvalue weighted by molar-refractivity contribution is 6.01. The van der Waals surface area contributed by atoms with Crippen molar-refractivity contribution in [2.45, 2.75) is 33.6 Å². The Balaban J connectivity index is 2.34. The molecule has 1 aliphatic carbocycles. The van der Waals surface area contributed by atoms with Crippen molar-refractivity contribution in [1.29, 1.82) is 0 Å². The summed E-state index contributed by atoms with van der Waals surface area (Å²) in [6.45, 7) is 6.61. The van der Waals surface area contributed by atoms with Gasteiger partial charge in [0.2, 0.25) is 0 Å². The summed E-state index contributed by atoms with van der Waals surface area (Å²) in [7, 11) is 0. The summed E-state index contributed by atoms with van der Waals surface area (Å²) in [6.07, 6.45) is 2.12. The topological polar surface area (TPSA) is 26.3 Å². The Morgan fingerprint density at radius 2 is 1.88 bits per heavy atom. The second-order valence-corrected chi connectivity index (χ2v) is 4.50.